The number of ether oxygens (including phenoxy) is 2. The van der Waals surface area contributed by atoms with Crippen LogP contribution in [0.25, 0.3) is 22.3 Å². The van der Waals surface area contributed by atoms with Crippen LogP contribution in [-0.4, -0.2) is 51.6 Å². The van der Waals surface area contributed by atoms with Crippen molar-refractivity contribution < 1.29 is 23.0 Å². The van der Waals surface area contributed by atoms with Gasteiger partial charge in [0.05, 0.1) is 11.2 Å². The Bertz CT molecular complexity index is 1810. The molecule has 228 valence electrons. The van der Waals surface area contributed by atoms with Crippen LogP contribution < -0.4 is 4.74 Å². The summed E-state index contributed by atoms with van der Waals surface area (Å²) in [6, 6.07) is 17.5. The first-order valence-electron chi connectivity index (χ1n) is 14.8. The molecule has 44 heavy (non-hydrogen) atoms. The van der Waals surface area contributed by atoms with Gasteiger partial charge < -0.3 is 24.3 Å². The van der Waals surface area contributed by atoms with Gasteiger partial charge in [-0.05, 0) is 63.4 Å². The Kier molecular flexibility index (Phi) is 7.75. The number of likely N-dealkylation sites (N-methyl/N-ethyl adjacent to an activating group) is 1. The van der Waals surface area contributed by atoms with Crippen molar-refractivity contribution in [2.24, 2.45) is 0 Å². The van der Waals surface area contributed by atoms with Gasteiger partial charge in [0.15, 0.2) is 11.6 Å². The highest BCUT2D eigenvalue weighted by Crippen LogP contribution is 2.39. The number of H-pyrrole nitrogens is 2. The van der Waals surface area contributed by atoms with Crippen LogP contribution in [0, 0.1) is 11.6 Å². The summed E-state index contributed by atoms with van der Waals surface area (Å²) in [5, 5.41) is 0.754. The minimum atomic E-state index is -0.632. The van der Waals surface area contributed by atoms with Crippen LogP contribution >= 0.6 is 0 Å². The summed E-state index contributed by atoms with van der Waals surface area (Å²) in [5.74, 6) is -0.591. The van der Waals surface area contributed by atoms with E-state index in [1.165, 1.54) is 24.3 Å². The number of hydrogen-bond acceptors (Lipinski definition) is 4. The van der Waals surface area contributed by atoms with E-state index in [1.54, 1.807) is 24.3 Å². The Morgan fingerprint density at radius 2 is 1.77 bits per heavy atom. The lowest BCUT2D eigenvalue weighted by Gasteiger charge is -2.34. The fourth-order valence-corrected chi connectivity index (χ4v) is 6.09. The molecule has 1 amide bonds. The summed E-state index contributed by atoms with van der Waals surface area (Å²) in [6.45, 7) is 6.81. The molecule has 0 aliphatic carbocycles. The van der Waals surface area contributed by atoms with Crippen LogP contribution in [0.4, 0.5) is 8.78 Å². The third-order valence-electron chi connectivity index (χ3n) is 8.59. The highest BCUT2D eigenvalue weighted by molar-refractivity contribution is 5.86. The van der Waals surface area contributed by atoms with Crippen LogP contribution in [0.15, 0.2) is 73.1 Å². The maximum absolute atomic E-state index is 15.6. The molecule has 7 nitrogen and oxygen atoms in total. The van der Waals surface area contributed by atoms with E-state index in [4.69, 9.17) is 9.47 Å². The predicted molar refractivity (Wildman–Crippen MR) is 166 cm³/mol. The van der Waals surface area contributed by atoms with Crippen LogP contribution in [0.5, 0.6) is 11.5 Å². The Hall–Kier alpha value is -4.50. The Morgan fingerprint density at radius 1 is 0.977 bits per heavy atom. The van der Waals surface area contributed by atoms with Crippen LogP contribution in [-0.2, 0) is 21.4 Å². The van der Waals surface area contributed by atoms with Crippen molar-refractivity contribution in [3.05, 3.63) is 102 Å². The molecule has 3 aromatic carbocycles. The zero-order valence-electron chi connectivity index (χ0n) is 25.3. The standard InChI is InChI=1S/C35H36F2N4O3/c1-34(2)21-41(4)31(42)13-11-25-24-14-16-38-29(24)19-28(37)32(25)44-23-10-12-27(36)26(18-23)33-39-20-30(40-33)35(3,15-17-43-34)22-8-6-5-7-9-22/h5-10,12,14,16,18-20,38H,11,13,15,17,21H2,1-4H3,(H,39,40). The quantitative estimate of drug-likeness (QED) is 0.209. The second-order valence-corrected chi connectivity index (χ2v) is 12.3. The number of aromatic amines is 2. The molecule has 9 heteroatoms. The van der Waals surface area contributed by atoms with Gasteiger partial charge in [0.1, 0.15) is 17.4 Å². The monoisotopic (exact) mass is 598 g/mol. The molecule has 0 spiro atoms. The van der Waals surface area contributed by atoms with Crippen molar-refractivity contribution in [2.75, 3.05) is 20.2 Å². The van der Waals surface area contributed by atoms with Crippen LogP contribution in [0.2, 0.25) is 0 Å². The number of aromatic nitrogens is 3. The number of nitrogens with zero attached hydrogens (tertiary/aromatic N) is 2. The van der Waals surface area contributed by atoms with Crippen molar-refractivity contribution in [3.63, 3.8) is 0 Å². The van der Waals surface area contributed by atoms with E-state index in [0.717, 1.165) is 16.6 Å². The topological polar surface area (TPSA) is 83.2 Å². The molecule has 1 atom stereocenters. The van der Waals surface area contributed by atoms with Crippen molar-refractivity contribution in [1.82, 2.24) is 19.9 Å². The third-order valence-corrected chi connectivity index (χ3v) is 8.59. The summed E-state index contributed by atoms with van der Waals surface area (Å²) >= 11 is 0. The predicted octanol–water partition coefficient (Wildman–Crippen LogP) is 7.52. The number of benzene rings is 3. The van der Waals surface area contributed by atoms with Gasteiger partial charge in [0.25, 0.3) is 0 Å². The third kappa shape index (κ3) is 5.71. The van der Waals surface area contributed by atoms with E-state index in [9.17, 15) is 4.79 Å². The highest BCUT2D eigenvalue weighted by Gasteiger charge is 2.33. The molecular weight excluding hydrogens is 562 g/mol. The first kappa shape index (κ1) is 29.6. The summed E-state index contributed by atoms with van der Waals surface area (Å²) in [5.41, 5.74) is 2.03. The number of aryl methyl sites for hydroxylation is 1. The zero-order chi connectivity index (χ0) is 31.1. The van der Waals surface area contributed by atoms with Gasteiger partial charge in [-0.1, -0.05) is 30.3 Å². The summed E-state index contributed by atoms with van der Waals surface area (Å²) < 4.78 is 43.4. The van der Waals surface area contributed by atoms with Crippen molar-refractivity contribution in [2.45, 2.75) is 51.0 Å². The van der Waals surface area contributed by atoms with Gasteiger partial charge in [0.2, 0.25) is 5.91 Å². The molecule has 5 aromatic rings. The molecule has 6 rings (SSSR count). The molecule has 2 aromatic heterocycles. The molecule has 3 heterocycles. The number of halogens is 2. The molecule has 0 fully saturated rings. The lowest BCUT2D eigenvalue weighted by Crippen LogP contribution is -2.42. The summed E-state index contributed by atoms with van der Waals surface area (Å²) in [6.07, 6.45) is 4.44. The van der Waals surface area contributed by atoms with Crippen LogP contribution in [0.1, 0.15) is 50.4 Å². The largest absolute Gasteiger partial charge is 0.454 e. The molecular formula is C35H36F2N4O3. The molecule has 0 saturated carbocycles. The second kappa shape index (κ2) is 11.5. The Balaban J connectivity index is 1.47. The average Bonchev–Trinajstić information content (AvgIpc) is 3.68. The van der Waals surface area contributed by atoms with Crippen molar-refractivity contribution >= 4 is 16.8 Å². The van der Waals surface area contributed by atoms with Gasteiger partial charge >= 0.3 is 0 Å². The van der Waals surface area contributed by atoms with E-state index in [0.29, 0.717) is 36.5 Å². The maximum atomic E-state index is 15.6. The van der Waals surface area contributed by atoms with E-state index < -0.39 is 22.7 Å². The molecule has 1 aliphatic rings. The number of amides is 1. The molecule has 1 unspecified atom stereocenters. The zero-order valence-corrected chi connectivity index (χ0v) is 25.3. The second-order valence-electron chi connectivity index (χ2n) is 12.3. The van der Waals surface area contributed by atoms with Gasteiger partial charge in [-0.3, -0.25) is 4.79 Å². The number of carbonyl (C=O) groups excluding carboxylic acids is 1. The van der Waals surface area contributed by atoms with Gasteiger partial charge in [-0.15, -0.1) is 0 Å². The number of imidazole rings is 1. The molecule has 1 aliphatic heterocycles. The SMILES string of the molecule is CN1CC(C)(C)OCCC(C)(c2ccccc2)c2cnc([nH]2)-c2cc(ccc2F)Oc2c(F)cc3[nH]ccc3c2CCC1=O. The van der Waals surface area contributed by atoms with E-state index >= 15 is 8.78 Å². The fourth-order valence-electron chi connectivity index (χ4n) is 6.09. The molecule has 2 N–H and O–H groups in total. The highest BCUT2D eigenvalue weighted by atomic mass is 19.1. The van der Waals surface area contributed by atoms with E-state index in [1.807, 2.05) is 38.1 Å². The molecule has 4 bridgehead atoms. The molecule has 0 saturated heterocycles. The fraction of sp³-hybridized carbons (Fsp3) is 0.314. The van der Waals surface area contributed by atoms with E-state index in [2.05, 4.69) is 34.0 Å². The van der Waals surface area contributed by atoms with Crippen molar-refractivity contribution in [3.8, 4) is 22.9 Å². The summed E-state index contributed by atoms with van der Waals surface area (Å²) in [7, 11) is 1.76. The van der Waals surface area contributed by atoms with Gasteiger partial charge in [-0.2, -0.15) is 0 Å². The Labute approximate surface area is 255 Å². The number of nitrogens with one attached hydrogen (secondary N) is 2. The maximum Gasteiger partial charge on any atom is 0.222 e. The van der Waals surface area contributed by atoms with Crippen LogP contribution in [0.3, 0.4) is 0 Å². The van der Waals surface area contributed by atoms with Gasteiger partial charge in [0, 0.05) is 72.7 Å². The van der Waals surface area contributed by atoms with Gasteiger partial charge in [-0.25, -0.2) is 13.8 Å². The average molecular weight is 599 g/mol. The number of fused-ring (bicyclic) bond motifs is 8. The van der Waals surface area contributed by atoms with E-state index in [-0.39, 0.29) is 35.8 Å². The number of carbonyl (C=O) groups is 1. The summed E-state index contributed by atoms with van der Waals surface area (Å²) in [4.78, 5) is 26.0. The smallest absolute Gasteiger partial charge is 0.222 e. The first-order chi connectivity index (χ1) is 21.0. The number of hydrogen-bond donors (Lipinski definition) is 2. The minimum Gasteiger partial charge on any atom is -0.454 e. The first-order valence-corrected chi connectivity index (χ1v) is 14.8. The lowest BCUT2D eigenvalue weighted by atomic mass is 9.77. The minimum absolute atomic E-state index is 0.00322. The normalized spacial score (nSPS) is 19.5. The molecule has 0 radical (unpaired) electrons. The Morgan fingerprint density at radius 3 is 2.57 bits per heavy atom. The number of rotatable bonds is 1. The lowest BCUT2D eigenvalue weighted by molar-refractivity contribution is -0.134. The van der Waals surface area contributed by atoms with Crippen molar-refractivity contribution in [1.29, 1.82) is 0 Å².